The van der Waals surface area contributed by atoms with E-state index in [0.29, 0.717) is 10.9 Å². The molecule has 0 saturated heterocycles. The van der Waals surface area contributed by atoms with Crippen molar-refractivity contribution in [1.29, 1.82) is 0 Å². The second-order valence-corrected chi connectivity index (χ2v) is 5.24. The van der Waals surface area contributed by atoms with Crippen molar-refractivity contribution < 1.29 is 9.90 Å². The van der Waals surface area contributed by atoms with Crippen molar-refractivity contribution in [2.24, 2.45) is 5.92 Å². The van der Waals surface area contributed by atoms with Crippen LogP contribution in [0.15, 0.2) is 24.3 Å². The van der Waals surface area contributed by atoms with Crippen molar-refractivity contribution in [3.8, 4) is 0 Å². The Kier molecular flexibility index (Phi) is 4.06. The minimum atomic E-state index is -0.720. The van der Waals surface area contributed by atoms with Crippen LogP contribution in [0.25, 0.3) is 0 Å². The predicted octanol–water partition coefficient (Wildman–Crippen LogP) is 4.09. The Balaban J connectivity index is 2.22. The summed E-state index contributed by atoms with van der Waals surface area (Å²) < 4.78 is 0. The molecule has 1 fully saturated rings. The van der Waals surface area contributed by atoms with Crippen molar-refractivity contribution in [3.63, 3.8) is 0 Å². The van der Waals surface area contributed by atoms with Crippen LogP contribution in [0.3, 0.4) is 0 Å². The SMILES string of the molecule is O=C(O)CC(c1cccc(Cl)c1)C1CCCC1. The first-order valence-corrected chi connectivity index (χ1v) is 6.52. The molecule has 1 atom stereocenters. The van der Waals surface area contributed by atoms with Gasteiger partial charge in [0.1, 0.15) is 0 Å². The Morgan fingerprint density at radius 2 is 2.12 bits per heavy atom. The molecule has 92 valence electrons. The molecule has 2 nitrogen and oxygen atoms in total. The Labute approximate surface area is 107 Å². The van der Waals surface area contributed by atoms with E-state index in [0.717, 1.165) is 18.4 Å². The maximum absolute atomic E-state index is 11.0. The molecule has 0 aromatic heterocycles. The molecule has 0 spiro atoms. The van der Waals surface area contributed by atoms with Crippen LogP contribution in [0.4, 0.5) is 0 Å². The lowest BCUT2D eigenvalue weighted by molar-refractivity contribution is -0.137. The standard InChI is InChI=1S/C14H17ClO2/c15-12-7-3-6-11(8-12)13(9-14(16)17)10-4-1-2-5-10/h3,6-8,10,13H,1-2,4-5,9H2,(H,16,17). The van der Waals surface area contributed by atoms with E-state index in [4.69, 9.17) is 16.7 Å². The van der Waals surface area contributed by atoms with Crippen LogP contribution in [0, 0.1) is 5.92 Å². The Bertz CT molecular complexity index is 397. The summed E-state index contributed by atoms with van der Waals surface area (Å²) in [7, 11) is 0. The molecule has 1 aliphatic carbocycles. The van der Waals surface area contributed by atoms with E-state index >= 15 is 0 Å². The largest absolute Gasteiger partial charge is 0.481 e. The topological polar surface area (TPSA) is 37.3 Å². The van der Waals surface area contributed by atoms with Gasteiger partial charge < -0.3 is 5.11 Å². The van der Waals surface area contributed by atoms with Crippen LogP contribution < -0.4 is 0 Å². The second-order valence-electron chi connectivity index (χ2n) is 4.80. The lowest BCUT2D eigenvalue weighted by atomic mass is 9.82. The minimum absolute atomic E-state index is 0.119. The van der Waals surface area contributed by atoms with Gasteiger partial charge in [0.15, 0.2) is 0 Å². The molecule has 1 aliphatic rings. The predicted molar refractivity (Wildman–Crippen MR) is 68.4 cm³/mol. The van der Waals surface area contributed by atoms with Crippen molar-refractivity contribution in [2.75, 3.05) is 0 Å². The normalized spacial score (nSPS) is 18.2. The van der Waals surface area contributed by atoms with Crippen LogP contribution in [0.1, 0.15) is 43.6 Å². The third kappa shape index (κ3) is 3.22. The van der Waals surface area contributed by atoms with Gasteiger partial charge in [-0.2, -0.15) is 0 Å². The molecule has 3 heteroatoms. The molecule has 1 saturated carbocycles. The molecule has 17 heavy (non-hydrogen) atoms. The fourth-order valence-electron chi connectivity index (χ4n) is 2.84. The molecule has 1 N–H and O–H groups in total. The molecule has 0 bridgehead atoms. The Morgan fingerprint density at radius 3 is 2.71 bits per heavy atom. The molecule has 1 aromatic rings. The first-order chi connectivity index (χ1) is 8.16. The number of rotatable bonds is 4. The number of halogens is 1. The van der Waals surface area contributed by atoms with E-state index in [1.54, 1.807) is 0 Å². The van der Waals surface area contributed by atoms with E-state index in [1.807, 2.05) is 24.3 Å². The lowest BCUT2D eigenvalue weighted by Gasteiger charge is -2.22. The summed E-state index contributed by atoms with van der Waals surface area (Å²) in [4.78, 5) is 11.0. The smallest absolute Gasteiger partial charge is 0.303 e. The summed E-state index contributed by atoms with van der Waals surface area (Å²) in [5.74, 6) is -0.0971. The van der Waals surface area contributed by atoms with E-state index < -0.39 is 5.97 Å². The highest BCUT2D eigenvalue weighted by Gasteiger charge is 2.28. The number of hydrogen-bond acceptors (Lipinski definition) is 1. The molecular formula is C14H17ClO2. The van der Waals surface area contributed by atoms with Gasteiger partial charge in [-0.3, -0.25) is 4.79 Å². The van der Waals surface area contributed by atoms with Crippen LogP contribution in [-0.4, -0.2) is 11.1 Å². The monoisotopic (exact) mass is 252 g/mol. The zero-order chi connectivity index (χ0) is 12.3. The summed E-state index contributed by atoms with van der Waals surface area (Å²) in [6.45, 7) is 0. The third-order valence-electron chi connectivity index (χ3n) is 3.64. The van der Waals surface area contributed by atoms with Crippen molar-refractivity contribution in [2.45, 2.75) is 38.0 Å². The van der Waals surface area contributed by atoms with Gasteiger partial charge in [-0.05, 0) is 42.4 Å². The van der Waals surface area contributed by atoms with Gasteiger partial charge >= 0.3 is 5.97 Å². The van der Waals surface area contributed by atoms with Gasteiger partial charge in [-0.1, -0.05) is 36.6 Å². The molecule has 2 rings (SSSR count). The van der Waals surface area contributed by atoms with Crippen LogP contribution in [0.5, 0.6) is 0 Å². The van der Waals surface area contributed by atoms with Crippen molar-refractivity contribution >= 4 is 17.6 Å². The lowest BCUT2D eigenvalue weighted by Crippen LogP contribution is -2.14. The van der Waals surface area contributed by atoms with Crippen LogP contribution in [-0.2, 0) is 4.79 Å². The summed E-state index contributed by atoms with van der Waals surface area (Å²) in [5, 5.41) is 9.73. The second kappa shape index (κ2) is 5.54. The number of carboxylic acids is 1. The fraction of sp³-hybridized carbons (Fsp3) is 0.500. The molecular weight excluding hydrogens is 236 g/mol. The van der Waals surface area contributed by atoms with Gasteiger partial charge in [-0.15, -0.1) is 0 Å². The van der Waals surface area contributed by atoms with E-state index in [9.17, 15) is 4.79 Å². The zero-order valence-corrected chi connectivity index (χ0v) is 10.5. The van der Waals surface area contributed by atoms with Crippen LogP contribution in [0.2, 0.25) is 5.02 Å². The third-order valence-corrected chi connectivity index (χ3v) is 3.88. The van der Waals surface area contributed by atoms with Gasteiger partial charge in [0.2, 0.25) is 0 Å². The highest BCUT2D eigenvalue weighted by molar-refractivity contribution is 6.30. The number of benzene rings is 1. The quantitative estimate of drug-likeness (QED) is 0.876. The van der Waals surface area contributed by atoms with Gasteiger partial charge in [0.25, 0.3) is 0 Å². The number of carboxylic acid groups (broad SMARTS) is 1. The van der Waals surface area contributed by atoms with Gasteiger partial charge in [0, 0.05) is 5.02 Å². The fourth-order valence-corrected chi connectivity index (χ4v) is 3.04. The summed E-state index contributed by atoms with van der Waals surface area (Å²) in [5.41, 5.74) is 1.08. The van der Waals surface area contributed by atoms with E-state index in [2.05, 4.69) is 0 Å². The average Bonchev–Trinajstić information content (AvgIpc) is 2.79. The first kappa shape index (κ1) is 12.4. The summed E-state index contributed by atoms with van der Waals surface area (Å²) in [6.07, 6.45) is 4.95. The Hall–Kier alpha value is -1.02. The Morgan fingerprint density at radius 1 is 1.41 bits per heavy atom. The molecule has 1 aromatic carbocycles. The molecule has 0 aliphatic heterocycles. The highest BCUT2D eigenvalue weighted by Crippen LogP contribution is 2.39. The van der Waals surface area contributed by atoms with Crippen molar-refractivity contribution in [3.05, 3.63) is 34.9 Å². The molecule has 0 heterocycles. The van der Waals surface area contributed by atoms with E-state index in [-0.39, 0.29) is 12.3 Å². The highest BCUT2D eigenvalue weighted by atomic mass is 35.5. The average molecular weight is 253 g/mol. The van der Waals surface area contributed by atoms with Crippen molar-refractivity contribution in [1.82, 2.24) is 0 Å². The number of aliphatic carboxylic acids is 1. The minimum Gasteiger partial charge on any atom is -0.481 e. The van der Waals surface area contributed by atoms with Gasteiger partial charge in [-0.25, -0.2) is 0 Å². The maximum atomic E-state index is 11.0. The molecule has 0 radical (unpaired) electrons. The maximum Gasteiger partial charge on any atom is 0.303 e. The molecule has 0 amide bonds. The number of carbonyl (C=O) groups is 1. The molecule has 1 unspecified atom stereocenters. The van der Waals surface area contributed by atoms with E-state index in [1.165, 1.54) is 12.8 Å². The van der Waals surface area contributed by atoms with Gasteiger partial charge in [0.05, 0.1) is 6.42 Å². The first-order valence-electron chi connectivity index (χ1n) is 6.14. The van der Waals surface area contributed by atoms with Crippen LogP contribution >= 0.6 is 11.6 Å². The summed E-state index contributed by atoms with van der Waals surface area (Å²) in [6, 6.07) is 7.64. The zero-order valence-electron chi connectivity index (χ0n) is 9.73. The number of hydrogen-bond donors (Lipinski definition) is 1. The summed E-state index contributed by atoms with van der Waals surface area (Å²) >= 11 is 5.98.